The number of amides is 1. The third kappa shape index (κ3) is 3.73. The van der Waals surface area contributed by atoms with Crippen molar-refractivity contribution >= 4 is 23.4 Å². The van der Waals surface area contributed by atoms with Gasteiger partial charge in [0.25, 0.3) is 0 Å². The molecule has 1 atom stereocenters. The topological polar surface area (TPSA) is 63.9 Å². The molecule has 0 N–H and O–H groups in total. The Balaban J connectivity index is 1.56. The molecule has 7 heteroatoms. The van der Waals surface area contributed by atoms with E-state index >= 15 is 0 Å². The van der Waals surface area contributed by atoms with Gasteiger partial charge in [0.05, 0.1) is 5.25 Å². The van der Waals surface area contributed by atoms with E-state index in [1.807, 2.05) is 56.4 Å². The number of thioether (sulfide) groups is 1. The van der Waals surface area contributed by atoms with Gasteiger partial charge in [-0.1, -0.05) is 30.0 Å². The molecule has 1 amide bonds. The highest BCUT2D eigenvalue weighted by molar-refractivity contribution is 8.00. The predicted octanol–water partition coefficient (Wildman–Crippen LogP) is 3.82. The number of hydrogen-bond donors (Lipinski definition) is 0. The number of aromatic nitrogens is 4. The lowest BCUT2D eigenvalue weighted by Gasteiger charge is -2.21. The molecule has 3 aromatic rings. The number of hydrogen-bond acceptors (Lipinski definition) is 5. The lowest BCUT2D eigenvalue weighted by Crippen LogP contribution is -2.33. The summed E-state index contributed by atoms with van der Waals surface area (Å²) in [6.45, 7) is 1.92. The molecular formula is C20H21N5OS. The van der Waals surface area contributed by atoms with Crippen LogP contribution in [0.4, 0.5) is 5.69 Å². The summed E-state index contributed by atoms with van der Waals surface area (Å²) in [6.07, 6.45) is 5.76. The molecule has 0 saturated heterocycles. The molecule has 0 aliphatic heterocycles. The first kappa shape index (κ1) is 17.7. The smallest absolute Gasteiger partial charge is 0.240 e. The van der Waals surface area contributed by atoms with Crippen LogP contribution in [0.25, 0.3) is 11.4 Å². The highest BCUT2D eigenvalue weighted by Gasteiger charge is 2.32. The number of nitrogens with zero attached hydrogens (tertiary/aromatic N) is 5. The van der Waals surface area contributed by atoms with E-state index in [0.29, 0.717) is 6.04 Å². The summed E-state index contributed by atoms with van der Waals surface area (Å²) in [6, 6.07) is 14.0. The van der Waals surface area contributed by atoms with Crippen LogP contribution in [-0.4, -0.2) is 38.0 Å². The van der Waals surface area contributed by atoms with E-state index in [4.69, 9.17) is 0 Å². The summed E-state index contributed by atoms with van der Waals surface area (Å²) in [5.74, 6) is 0.889. The minimum Gasteiger partial charge on any atom is -0.315 e. The third-order valence-electron chi connectivity index (χ3n) is 4.62. The van der Waals surface area contributed by atoms with Gasteiger partial charge in [-0.25, -0.2) is 0 Å². The summed E-state index contributed by atoms with van der Waals surface area (Å²) < 4.78 is 2.17. The first-order valence-electron chi connectivity index (χ1n) is 8.99. The molecule has 0 spiro atoms. The van der Waals surface area contributed by atoms with Crippen LogP contribution in [0, 0.1) is 0 Å². The Morgan fingerprint density at radius 2 is 1.85 bits per heavy atom. The Morgan fingerprint density at radius 1 is 1.15 bits per heavy atom. The fourth-order valence-electron chi connectivity index (χ4n) is 2.98. The Bertz CT molecular complexity index is 924. The Hall–Kier alpha value is -2.67. The predicted molar refractivity (Wildman–Crippen MR) is 107 cm³/mol. The molecule has 1 fully saturated rings. The zero-order valence-corrected chi connectivity index (χ0v) is 16.1. The molecule has 27 heavy (non-hydrogen) atoms. The maximum atomic E-state index is 12.9. The molecule has 0 radical (unpaired) electrons. The van der Waals surface area contributed by atoms with Gasteiger partial charge >= 0.3 is 0 Å². The van der Waals surface area contributed by atoms with Crippen LogP contribution in [0.15, 0.2) is 60.0 Å². The molecule has 0 bridgehead atoms. The van der Waals surface area contributed by atoms with E-state index in [-0.39, 0.29) is 11.2 Å². The number of carbonyl (C=O) groups is 1. The average Bonchev–Trinajstić information content (AvgIpc) is 3.48. The largest absolute Gasteiger partial charge is 0.315 e. The van der Waals surface area contributed by atoms with Crippen molar-refractivity contribution in [3.05, 3.63) is 54.9 Å². The molecule has 1 aliphatic carbocycles. The van der Waals surface area contributed by atoms with Crippen LogP contribution < -0.4 is 4.90 Å². The zero-order chi connectivity index (χ0) is 18.8. The molecule has 138 valence electrons. The lowest BCUT2D eigenvalue weighted by atomic mass is 10.2. The molecular weight excluding hydrogens is 358 g/mol. The van der Waals surface area contributed by atoms with Gasteiger partial charge in [0, 0.05) is 36.7 Å². The highest BCUT2D eigenvalue weighted by atomic mass is 32.2. The molecule has 1 saturated carbocycles. The quantitative estimate of drug-likeness (QED) is 0.609. The van der Waals surface area contributed by atoms with Crippen LogP contribution in [0.3, 0.4) is 0 Å². The Labute approximate surface area is 162 Å². The second-order valence-electron chi connectivity index (χ2n) is 6.64. The minimum absolute atomic E-state index is 0.0435. The van der Waals surface area contributed by atoms with Crippen LogP contribution >= 0.6 is 11.8 Å². The van der Waals surface area contributed by atoms with E-state index in [1.54, 1.807) is 17.3 Å². The van der Waals surface area contributed by atoms with Crippen molar-refractivity contribution in [1.29, 1.82) is 0 Å². The number of anilines is 1. The highest BCUT2D eigenvalue weighted by Crippen LogP contribution is 2.41. The zero-order valence-electron chi connectivity index (χ0n) is 15.3. The van der Waals surface area contributed by atoms with E-state index in [9.17, 15) is 4.79 Å². The van der Waals surface area contributed by atoms with Gasteiger partial charge in [0.1, 0.15) is 0 Å². The summed E-state index contributed by atoms with van der Waals surface area (Å²) in [7, 11) is 1.81. The molecule has 1 aliphatic rings. The summed E-state index contributed by atoms with van der Waals surface area (Å²) >= 11 is 1.47. The van der Waals surface area contributed by atoms with Crippen LogP contribution in [0.5, 0.6) is 0 Å². The lowest BCUT2D eigenvalue weighted by molar-refractivity contribution is -0.117. The monoisotopic (exact) mass is 379 g/mol. The first-order valence-corrected chi connectivity index (χ1v) is 9.87. The van der Waals surface area contributed by atoms with E-state index in [1.165, 1.54) is 11.8 Å². The number of benzene rings is 1. The van der Waals surface area contributed by atoms with Gasteiger partial charge < -0.3 is 4.90 Å². The third-order valence-corrected chi connectivity index (χ3v) is 5.66. The Morgan fingerprint density at radius 3 is 2.52 bits per heavy atom. The SMILES string of the molecule is C[C@@H](Sc1nnc(-c2ccncc2)n1C1CC1)C(=O)N(C)c1ccccc1. The summed E-state index contributed by atoms with van der Waals surface area (Å²) in [5, 5.41) is 9.33. The summed E-state index contributed by atoms with van der Waals surface area (Å²) in [4.78, 5) is 18.6. The first-order chi connectivity index (χ1) is 13.1. The molecule has 2 aromatic heterocycles. The van der Waals surface area contributed by atoms with Crippen molar-refractivity contribution in [1.82, 2.24) is 19.7 Å². The standard InChI is InChI=1S/C20H21N5OS/c1-14(19(26)24(2)16-6-4-3-5-7-16)27-20-23-22-18(25(20)17-8-9-17)15-10-12-21-13-11-15/h3-7,10-14,17H,8-9H2,1-2H3/t14-/m1/s1. The van der Waals surface area contributed by atoms with Crippen LogP contribution in [0.1, 0.15) is 25.8 Å². The number of carbonyl (C=O) groups excluding carboxylic acids is 1. The van der Waals surface area contributed by atoms with E-state index < -0.39 is 0 Å². The average molecular weight is 379 g/mol. The van der Waals surface area contributed by atoms with Gasteiger partial charge in [0.15, 0.2) is 11.0 Å². The van der Waals surface area contributed by atoms with Crippen molar-refractivity contribution < 1.29 is 4.79 Å². The normalized spacial score (nSPS) is 14.7. The minimum atomic E-state index is -0.262. The van der Waals surface area contributed by atoms with Crippen molar-refractivity contribution in [3.63, 3.8) is 0 Å². The van der Waals surface area contributed by atoms with Crippen molar-refractivity contribution in [3.8, 4) is 11.4 Å². The van der Waals surface area contributed by atoms with Gasteiger partial charge in [-0.05, 0) is 44.0 Å². The molecule has 2 heterocycles. The van der Waals surface area contributed by atoms with Crippen LogP contribution in [-0.2, 0) is 4.79 Å². The van der Waals surface area contributed by atoms with E-state index in [0.717, 1.165) is 35.1 Å². The molecule has 6 nitrogen and oxygen atoms in total. The molecule has 1 aromatic carbocycles. The van der Waals surface area contributed by atoms with Gasteiger partial charge in [0.2, 0.25) is 5.91 Å². The molecule has 4 rings (SSSR count). The maximum Gasteiger partial charge on any atom is 0.240 e. The second-order valence-corrected chi connectivity index (χ2v) is 7.94. The van der Waals surface area contributed by atoms with Gasteiger partial charge in [-0.15, -0.1) is 10.2 Å². The van der Waals surface area contributed by atoms with Crippen molar-refractivity contribution in [2.45, 2.75) is 36.2 Å². The second kappa shape index (κ2) is 7.52. The fourth-order valence-corrected chi connectivity index (χ4v) is 3.99. The number of pyridine rings is 1. The van der Waals surface area contributed by atoms with Gasteiger partial charge in [-0.2, -0.15) is 0 Å². The summed E-state index contributed by atoms with van der Waals surface area (Å²) in [5.41, 5.74) is 1.88. The van der Waals surface area contributed by atoms with Crippen LogP contribution in [0.2, 0.25) is 0 Å². The Kier molecular flexibility index (Phi) is 4.94. The van der Waals surface area contributed by atoms with Crippen molar-refractivity contribution in [2.24, 2.45) is 0 Å². The fraction of sp³-hybridized carbons (Fsp3) is 0.300. The maximum absolute atomic E-state index is 12.9. The number of rotatable bonds is 6. The van der Waals surface area contributed by atoms with E-state index in [2.05, 4.69) is 19.7 Å². The van der Waals surface area contributed by atoms with Crippen molar-refractivity contribution in [2.75, 3.05) is 11.9 Å². The molecule has 0 unspecified atom stereocenters. The number of para-hydroxylation sites is 1. The van der Waals surface area contributed by atoms with Gasteiger partial charge in [-0.3, -0.25) is 14.3 Å².